The number of hydrogen-bond donors (Lipinski definition) is 1. The van der Waals surface area contributed by atoms with Crippen molar-refractivity contribution in [1.29, 1.82) is 0 Å². The molecule has 17 heavy (non-hydrogen) atoms. The second-order valence-corrected chi connectivity index (χ2v) is 3.89. The summed E-state index contributed by atoms with van der Waals surface area (Å²) < 4.78 is 1.16. The first-order chi connectivity index (χ1) is 8.18. The maximum absolute atomic E-state index is 11.4. The van der Waals surface area contributed by atoms with Gasteiger partial charge in [-0.25, -0.2) is 0 Å². The summed E-state index contributed by atoms with van der Waals surface area (Å²) in [6.45, 7) is 0. The number of aromatic amines is 1. The lowest BCUT2D eigenvalue weighted by Crippen LogP contribution is -2.18. The number of halogens is 1. The minimum absolute atomic E-state index is 0.126. The Kier molecular flexibility index (Phi) is 3.46. The molecule has 5 nitrogen and oxygen atoms in total. The topological polar surface area (TPSA) is 63.0 Å². The lowest BCUT2D eigenvalue weighted by molar-refractivity contribution is 0.738. The van der Waals surface area contributed by atoms with Gasteiger partial charge in [-0.15, -0.1) is 0 Å². The highest BCUT2D eigenvalue weighted by Gasteiger charge is 1.97. The van der Waals surface area contributed by atoms with Crippen molar-refractivity contribution in [2.45, 2.75) is 0 Å². The number of aromatic nitrogens is 3. The van der Waals surface area contributed by atoms with Gasteiger partial charge in [-0.3, -0.25) is 9.89 Å². The van der Waals surface area contributed by atoms with Gasteiger partial charge in [-0.2, -0.15) is 14.9 Å². The van der Waals surface area contributed by atoms with Crippen molar-refractivity contribution in [3.8, 4) is 0 Å². The van der Waals surface area contributed by atoms with Gasteiger partial charge in [0.25, 0.3) is 5.56 Å². The van der Waals surface area contributed by atoms with Gasteiger partial charge < -0.3 is 0 Å². The molecule has 0 saturated heterocycles. The predicted molar refractivity (Wildman–Crippen MR) is 68.1 cm³/mol. The van der Waals surface area contributed by atoms with Gasteiger partial charge in [0.15, 0.2) is 0 Å². The third-order valence-corrected chi connectivity index (χ3v) is 2.56. The van der Waals surface area contributed by atoms with Crippen LogP contribution in [0.2, 0.25) is 5.02 Å². The van der Waals surface area contributed by atoms with Gasteiger partial charge in [0.2, 0.25) is 4.77 Å². The Morgan fingerprint density at radius 1 is 1.47 bits per heavy atom. The van der Waals surface area contributed by atoms with Crippen molar-refractivity contribution in [2.75, 3.05) is 0 Å². The van der Waals surface area contributed by atoms with Crippen LogP contribution in [0.25, 0.3) is 0 Å². The summed E-state index contributed by atoms with van der Waals surface area (Å²) >= 11 is 10.8. The lowest BCUT2D eigenvalue weighted by atomic mass is 10.2. The van der Waals surface area contributed by atoms with Crippen LogP contribution in [0.5, 0.6) is 0 Å². The normalized spacial score (nSPS) is 10.9. The number of benzene rings is 1. The Morgan fingerprint density at radius 2 is 2.24 bits per heavy atom. The van der Waals surface area contributed by atoms with E-state index in [2.05, 4.69) is 15.3 Å². The lowest BCUT2D eigenvalue weighted by Gasteiger charge is -1.98. The molecule has 0 aliphatic carbocycles. The minimum atomic E-state index is -0.406. The Hall–Kier alpha value is -1.79. The summed E-state index contributed by atoms with van der Waals surface area (Å²) in [7, 11) is 0. The van der Waals surface area contributed by atoms with E-state index in [1.807, 2.05) is 12.1 Å². The van der Waals surface area contributed by atoms with Crippen molar-refractivity contribution in [1.82, 2.24) is 14.9 Å². The fourth-order valence-corrected chi connectivity index (χ4v) is 1.53. The fourth-order valence-electron chi connectivity index (χ4n) is 1.15. The molecule has 0 fully saturated rings. The first-order valence-corrected chi connectivity index (χ1v) is 5.43. The summed E-state index contributed by atoms with van der Waals surface area (Å²) in [4.78, 5) is 11.4. The van der Waals surface area contributed by atoms with Crippen LogP contribution >= 0.6 is 23.8 Å². The first kappa shape index (κ1) is 11.7. The third-order valence-electron chi connectivity index (χ3n) is 1.95. The number of hydrogen-bond acceptors (Lipinski definition) is 4. The van der Waals surface area contributed by atoms with Gasteiger partial charge in [-0.1, -0.05) is 29.8 Å². The van der Waals surface area contributed by atoms with Crippen LogP contribution in [0.1, 0.15) is 5.56 Å². The second kappa shape index (κ2) is 5.03. The zero-order chi connectivity index (χ0) is 12.3. The molecule has 2 aromatic rings. The number of nitrogens with zero attached hydrogens (tertiary/aromatic N) is 3. The Bertz CT molecular complexity index is 648. The molecule has 0 bridgehead atoms. The van der Waals surface area contributed by atoms with Crippen molar-refractivity contribution >= 4 is 30.0 Å². The van der Waals surface area contributed by atoms with Crippen LogP contribution in [-0.2, 0) is 0 Å². The van der Waals surface area contributed by atoms with Gasteiger partial charge in [0.1, 0.15) is 6.20 Å². The minimum Gasteiger partial charge on any atom is -0.265 e. The Labute approximate surface area is 106 Å². The Morgan fingerprint density at radius 3 is 2.94 bits per heavy atom. The fraction of sp³-hybridized carbons (Fsp3) is 0. The number of H-pyrrole nitrogens is 1. The highest BCUT2D eigenvalue weighted by Crippen LogP contribution is 2.12. The van der Waals surface area contributed by atoms with Crippen LogP contribution in [0.3, 0.4) is 0 Å². The summed E-state index contributed by atoms with van der Waals surface area (Å²) in [6, 6.07) is 7.15. The molecule has 1 heterocycles. The molecule has 1 aromatic heterocycles. The monoisotopic (exact) mass is 266 g/mol. The average Bonchev–Trinajstić information content (AvgIpc) is 2.30. The zero-order valence-corrected chi connectivity index (χ0v) is 10.1. The first-order valence-electron chi connectivity index (χ1n) is 4.64. The molecule has 0 amide bonds. The molecule has 0 atom stereocenters. The van der Waals surface area contributed by atoms with Crippen LogP contribution in [0.15, 0.2) is 40.4 Å². The summed E-state index contributed by atoms with van der Waals surface area (Å²) in [5.74, 6) is 0. The van der Waals surface area contributed by atoms with E-state index in [0.29, 0.717) is 10.6 Å². The molecule has 1 N–H and O–H groups in total. The van der Waals surface area contributed by atoms with E-state index in [4.69, 9.17) is 23.8 Å². The maximum atomic E-state index is 11.4. The van der Waals surface area contributed by atoms with E-state index in [1.54, 1.807) is 12.1 Å². The molecule has 0 radical (unpaired) electrons. The third kappa shape index (κ3) is 2.66. The van der Waals surface area contributed by atoms with E-state index < -0.39 is 5.56 Å². The quantitative estimate of drug-likeness (QED) is 0.666. The highest BCUT2D eigenvalue weighted by molar-refractivity contribution is 7.71. The van der Waals surface area contributed by atoms with Crippen LogP contribution in [-0.4, -0.2) is 21.1 Å². The van der Waals surface area contributed by atoms with Crippen molar-refractivity contribution in [3.63, 3.8) is 0 Å². The van der Waals surface area contributed by atoms with Gasteiger partial charge in [0.05, 0.1) is 6.21 Å². The average molecular weight is 267 g/mol. The van der Waals surface area contributed by atoms with Gasteiger partial charge in [0, 0.05) is 10.6 Å². The second-order valence-electron chi connectivity index (χ2n) is 3.09. The maximum Gasteiger partial charge on any atom is 0.293 e. The molecule has 1 aromatic carbocycles. The summed E-state index contributed by atoms with van der Waals surface area (Å²) in [5, 5.41) is 10.5. The van der Waals surface area contributed by atoms with Gasteiger partial charge >= 0.3 is 0 Å². The Balaban J connectivity index is 2.43. The molecule has 0 spiro atoms. The molecular weight excluding hydrogens is 260 g/mol. The van der Waals surface area contributed by atoms with E-state index >= 15 is 0 Å². The van der Waals surface area contributed by atoms with E-state index in [1.165, 1.54) is 6.21 Å². The van der Waals surface area contributed by atoms with Crippen LogP contribution in [0.4, 0.5) is 0 Å². The number of nitrogens with one attached hydrogen (secondary N) is 1. The smallest absolute Gasteiger partial charge is 0.265 e. The van der Waals surface area contributed by atoms with Crippen molar-refractivity contribution in [2.24, 2.45) is 5.10 Å². The van der Waals surface area contributed by atoms with Crippen molar-refractivity contribution < 1.29 is 0 Å². The van der Waals surface area contributed by atoms with Crippen LogP contribution < -0.4 is 5.56 Å². The number of rotatable bonds is 2. The summed E-state index contributed by atoms with van der Waals surface area (Å²) in [6.07, 6.45) is 2.56. The van der Waals surface area contributed by atoms with Crippen LogP contribution in [0, 0.1) is 4.77 Å². The van der Waals surface area contributed by atoms with Gasteiger partial charge in [-0.05, 0) is 18.3 Å². The van der Waals surface area contributed by atoms with E-state index in [0.717, 1.165) is 10.9 Å². The zero-order valence-electron chi connectivity index (χ0n) is 8.50. The molecule has 7 heteroatoms. The van der Waals surface area contributed by atoms with E-state index in [-0.39, 0.29) is 4.77 Å². The van der Waals surface area contributed by atoms with Crippen molar-refractivity contribution in [3.05, 3.63) is 56.2 Å². The molecule has 86 valence electrons. The standard InChI is InChI=1S/C10H7ClN4OS/c11-8-4-2-1-3-7(8)5-13-15-9(16)6-12-14-10(15)17/h1-6H,(H,14,17)/b13-5+. The molecule has 0 unspecified atom stereocenters. The molecule has 0 saturated carbocycles. The molecule has 0 aliphatic heterocycles. The largest absolute Gasteiger partial charge is 0.293 e. The predicted octanol–water partition coefficient (Wildman–Crippen LogP) is 1.84. The highest BCUT2D eigenvalue weighted by atomic mass is 35.5. The SMILES string of the molecule is O=c1cn[nH]c(=S)n1/N=C/c1ccccc1Cl. The molecular formula is C10H7ClN4OS. The molecule has 2 rings (SSSR count). The summed E-state index contributed by atoms with van der Waals surface area (Å²) in [5.41, 5.74) is 0.296. The van der Waals surface area contributed by atoms with E-state index in [9.17, 15) is 4.79 Å². The molecule has 0 aliphatic rings.